The molecular weight excluding hydrogens is 1970 g/mol. The number of Topliss-reactive ketones (excluding diaryl/α,β-unsaturated/α-hetero) is 2. The number of fused-ring (bicyclic) bond motifs is 6. The number of esters is 6. The van der Waals surface area contributed by atoms with Gasteiger partial charge in [0.25, 0.3) is 35.4 Å². The molecule has 12 aromatic rings. The van der Waals surface area contributed by atoms with Crippen molar-refractivity contribution in [3.63, 3.8) is 0 Å². The summed E-state index contributed by atoms with van der Waals surface area (Å²) in [6.45, 7) is 31.2. The second-order valence-corrected chi connectivity index (χ2v) is 34.7. The Labute approximate surface area is 865 Å². The number of aromatic amines is 2. The Balaban J connectivity index is 0.000000182. The summed E-state index contributed by atoms with van der Waals surface area (Å²) in [5, 5.41) is 25.8. The van der Waals surface area contributed by atoms with E-state index in [9.17, 15) is 82.1 Å². The summed E-state index contributed by atoms with van der Waals surface area (Å²) >= 11 is 24.7. The molecule has 2 atom stereocenters. The highest BCUT2D eigenvalue weighted by atomic mass is 35.5. The number of carbonyl (C=O) groups excluding carboxylic acids is 15. The summed E-state index contributed by atoms with van der Waals surface area (Å²) in [5.41, 5.74) is 9.49. The van der Waals surface area contributed by atoms with Crippen molar-refractivity contribution in [3.05, 3.63) is 361 Å². The number of hydrogen-bond donors (Lipinski definition) is 5. The number of pyridine rings is 1. The van der Waals surface area contributed by atoms with Crippen LogP contribution in [0, 0.1) is 0 Å². The second kappa shape index (κ2) is 54.0. The average molecular weight is 2080 g/mol. The van der Waals surface area contributed by atoms with E-state index in [2.05, 4.69) is 65.8 Å². The molecule has 0 saturated carbocycles. The first-order valence-electron chi connectivity index (χ1n) is 45.9. The van der Waals surface area contributed by atoms with E-state index in [1.807, 2.05) is 103 Å². The van der Waals surface area contributed by atoms with E-state index in [0.29, 0.717) is 106 Å². The van der Waals surface area contributed by atoms with Gasteiger partial charge >= 0.3 is 41.9 Å². The molecule has 762 valence electrons. The number of ketones is 2. The van der Waals surface area contributed by atoms with E-state index in [0.717, 1.165) is 42.6 Å². The quantitative estimate of drug-likeness (QED) is 0.00373. The van der Waals surface area contributed by atoms with Crippen molar-refractivity contribution in [1.29, 1.82) is 0 Å². The number of nitrogens with one attached hydrogen (secondary N) is 3. The fourth-order valence-electron chi connectivity index (χ4n) is 14.6. The fourth-order valence-corrected chi connectivity index (χ4v) is 15.6. The third-order valence-corrected chi connectivity index (χ3v) is 24.0. The first-order valence-corrected chi connectivity index (χ1v) is 47.4. The molecule has 5 N–H and O–H groups in total. The predicted molar refractivity (Wildman–Crippen MR) is 555 cm³/mol. The number of para-hydroxylation sites is 3. The third-order valence-electron chi connectivity index (χ3n) is 22.2. The number of amides is 7. The highest BCUT2D eigenvalue weighted by Crippen LogP contribution is 2.48. The molecule has 2 unspecified atom stereocenters. The number of ether oxygens (including phenoxy) is 8. The number of H-pyrrole nitrogens is 2. The van der Waals surface area contributed by atoms with Gasteiger partial charge in [0, 0.05) is 103 Å². The minimum absolute atomic E-state index is 0.0147. The van der Waals surface area contributed by atoms with Crippen LogP contribution in [0.4, 0.5) is 4.79 Å². The van der Waals surface area contributed by atoms with Crippen LogP contribution in [0.25, 0.3) is 49.6 Å². The molecule has 0 spiro atoms. The largest absolute Gasteiger partial charge is 0.491 e. The topological polar surface area (TPSA) is 437 Å². The Kier molecular flexibility index (Phi) is 41.5. The van der Waals surface area contributed by atoms with Crippen molar-refractivity contribution in [2.75, 3.05) is 79.0 Å². The number of aliphatic hydroxyl groups excluding tert-OH is 2. The van der Waals surface area contributed by atoms with Crippen LogP contribution < -0.4 is 10.1 Å². The van der Waals surface area contributed by atoms with Gasteiger partial charge in [0.2, 0.25) is 0 Å². The third kappa shape index (κ3) is 29.4. The number of nitrogens with zero attached hydrogens (tertiary/aromatic N) is 4. The summed E-state index contributed by atoms with van der Waals surface area (Å²) in [6, 6.07) is 58.3. The highest BCUT2D eigenvalue weighted by Gasteiger charge is 2.46. The summed E-state index contributed by atoms with van der Waals surface area (Å²) in [7, 11) is 0. The van der Waals surface area contributed by atoms with Crippen LogP contribution in [0.1, 0.15) is 177 Å². The van der Waals surface area contributed by atoms with Gasteiger partial charge in [0.1, 0.15) is 56.3 Å². The molecule has 3 aromatic heterocycles. The van der Waals surface area contributed by atoms with Crippen LogP contribution >= 0.6 is 46.4 Å². The summed E-state index contributed by atoms with van der Waals surface area (Å²) < 4.78 is 40.4. The first kappa shape index (κ1) is 113. The SMILES string of the molecule is C=C(C)C(=O)OCC(O)CCN1C(=O)c2cccc3cccc(c23)C1=O.C=C(C)C(=O)OCC(O)COC(=O)c1c[nH]c2ccccc12.C=C(C)C(=O)OCCCCOc1cccc2ccc(C3C(=O)c4c(Cl)c(Cl)c(Cl)c(Cl)c4C3=O)nc12.C=C(C)C(=O)OCCNC(=O)OCCN1C(=O)c2ccccc2C1=O.C=C(C)C(=O)OCCc1c[nH]c2ccccc12.C=Cc1ccccc1.CCN1C(=O)c2ccccc2C1=O. The maximum absolute atomic E-state index is 13.2. The number of benzene rings is 9. The second-order valence-electron chi connectivity index (χ2n) is 33.2. The molecule has 6 heterocycles. The van der Waals surface area contributed by atoms with Gasteiger partial charge in [-0.05, 0) is 138 Å². The number of halogens is 4. The maximum Gasteiger partial charge on any atom is 0.407 e. The van der Waals surface area contributed by atoms with E-state index < -0.39 is 77.4 Å². The molecule has 9 aromatic carbocycles. The fraction of sp³-hybridized carbons (Fsp3) is 0.225. The Morgan fingerprint density at radius 1 is 0.435 bits per heavy atom. The molecule has 1 aliphatic carbocycles. The molecule has 32 nitrogen and oxygen atoms in total. The number of alkyl carbamates (subject to hydrolysis) is 1. The van der Waals surface area contributed by atoms with Crippen LogP contribution in [0.3, 0.4) is 0 Å². The molecule has 0 saturated heterocycles. The van der Waals surface area contributed by atoms with Gasteiger partial charge in [-0.25, -0.2) is 38.5 Å². The monoisotopic (exact) mass is 2080 g/mol. The van der Waals surface area contributed by atoms with Gasteiger partial charge in [-0.1, -0.05) is 225 Å². The lowest BCUT2D eigenvalue weighted by Crippen LogP contribution is -2.42. The van der Waals surface area contributed by atoms with Gasteiger partial charge in [-0.2, -0.15) is 0 Å². The van der Waals surface area contributed by atoms with E-state index in [-0.39, 0.29) is 149 Å². The van der Waals surface area contributed by atoms with Crippen LogP contribution in [-0.2, 0) is 63.6 Å². The number of rotatable bonds is 33. The zero-order chi connectivity index (χ0) is 107. The van der Waals surface area contributed by atoms with E-state index in [4.69, 9.17) is 84.3 Å². The lowest BCUT2D eigenvalue weighted by molar-refractivity contribution is -0.143. The van der Waals surface area contributed by atoms with Gasteiger partial charge in [0.15, 0.2) is 11.6 Å². The van der Waals surface area contributed by atoms with E-state index in [1.54, 1.807) is 124 Å². The molecule has 0 bridgehead atoms. The molecular formula is C111H105Cl4N7O25. The molecule has 147 heavy (non-hydrogen) atoms. The van der Waals surface area contributed by atoms with Crippen LogP contribution in [0.5, 0.6) is 5.75 Å². The first-order chi connectivity index (χ1) is 70.3. The Morgan fingerprint density at radius 2 is 0.864 bits per heavy atom. The standard InChI is InChI=1S/C26H19Cl4NO5.C20H19NO5.C17H18N2O6.C16H17NO5.C14H15NO2.C10H9NO2.C8H8/c1-12(2)26(34)36-11-4-3-10-35-15-7-5-6-13-8-9-14(31-23(13)15)16-24(32)17-18(25(16)33)20(28)22(30)21(29)19(17)27;1-12(2)20(25)26-11-14(22)9-10-21-18(23)15-7-3-5-13-6-4-8-16(17(13)15)19(21)24;1-11(2)16(22)24-9-7-18-17(23)25-10-8-19-14(20)12-5-3-4-6-13(12)15(19)21;1-10(2)15(19)21-8-11(18)9-22-16(20)13-7-17-14-6-4-3-5-12(13)14;1-10(2)14(16)17-8-7-11-9-15-13-6-4-3-5-12(11)13;1-2-11-9(12)7-5-3-4-6-8(7)10(11)13;1-2-8-6-4-3-5-7-8/h5-9,16H,1,3-4,10-11H2,2H3;3-8,14,22H,1,9-11H2,2H3;3-6H,1,7-10H2,2H3,(H,18,23);3-7,11,17-18H,1,8-9H2,2H3;3-6,9,15H,1,7-8H2,2H3;3-6H,2H2,1H3;2-7H,1H2. The van der Waals surface area contributed by atoms with Gasteiger partial charge in [0.05, 0.1) is 104 Å². The van der Waals surface area contributed by atoms with Crippen molar-refractivity contribution in [3.8, 4) is 5.75 Å². The Morgan fingerprint density at radius 3 is 1.39 bits per heavy atom. The van der Waals surface area contributed by atoms with E-state index in [1.165, 1.54) is 36.6 Å². The highest BCUT2D eigenvalue weighted by molar-refractivity contribution is 6.56. The number of aliphatic hydroxyl groups is 2. The van der Waals surface area contributed by atoms with Crippen molar-refractivity contribution in [1.82, 2.24) is 35.0 Å². The zero-order valence-electron chi connectivity index (χ0n) is 81.1. The van der Waals surface area contributed by atoms with Gasteiger partial charge < -0.3 is 63.4 Å². The van der Waals surface area contributed by atoms with Crippen LogP contribution in [-0.4, -0.2) is 220 Å². The lowest BCUT2D eigenvalue weighted by atomic mass is 9.94. The number of hydrogen-bond acceptors (Lipinski definition) is 26. The molecule has 4 aliphatic rings. The summed E-state index contributed by atoms with van der Waals surface area (Å²) in [4.78, 5) is 193. The van der Waals surface area contributed by atoms with Crippen LogP contribution in [0.2, 0.25) is 20.1 Å². The maximum atomic E-state index is 13.2. The predicted octanol–water partition coefficient (Wildman–Crippen LogP) is 19.0. The normalized spacial score (nSPS) is 12.7. The van der Waals surface area contributed by atoms with Crippen LogP contribution in [0.15, 0.2) is 274 Å². The lowest BCUT2D eigenvalue weighted by Gasteiger charge is -2.27. The summed E-state index contributed by atoms with van der Waals surface area (Å²) in [6.07, 6.45) is 4.61. The number of imide groups is 3. The minimum atomic E-state index is -1.23. The Hall–Kier alpha value is -16.1. The number of aromatic nitrogens is 3. The number of unbranched alkanes of at least 4 members (excludes halogenated alkanes) is 1. The van der Waals surface area contributed by atoms with Crippen molar-refractivity contribution < 1.29 is 120 Å². The minimum Gasteiger partial charge on any atom is -0.491 e. The van der Waals surface area contributed by atoms with Crippen molar-refractivity contribution in [2.45, 2.75) is 85.4 Å². The summed E-state index contributed by atoms with van der Waals surface area (Å²) in [5.74, 6) is -6.80. The molecule has 16 rings (SSSR count). The van der Waals surface area contributed by atoms with Gasteiger partial charge in [-0.3, -0.25) is 53.1 Å². The number of carbonyl (C=O) groups is 15. The van der Waals surface area contributed by atoms with Crippen molar-refractivity contribution >= 4 is 185 Å². The Bertz CT molecular complexity index is 6960. The smallest absolute Gasteiger partial charge is 0.407 e. The molecule has 36 heteroatoms. The molecule has 3 aliphatic heterocycles. The van der Waals surface area contributed by atoms with Crippen molar-refractivity contribution in [2.24, 2.45) is 0 Å². The molecule has 7 amide bonds. The molecule has 0 fully saturated rings. The van der Waals surface area contributed by atoms with Gasteiger partial charge in [-0.15, -0.1) is 0 Å². The zero-order valence-corrected chi connectivity index (χ0v) is 84.1. The average Bonchev–Trinajstić information content (AvgIpc) is 1.61. The molecule has 0 radical (unpaired) electrons. The van der Waals surface area contributed by atoms with E-state index >= 15 is 0 Å².